The first-order chi connectivity index (χ1) is 11.8. The van der Waals surface area contributed by atoms with Crippen molar-refractivity contribution in [2.24, 2.45) is 4.99 Å². The van der Waals surface area contributed by atoms with E-state index in [2.05, 4.69) is 22.3 Å². The summed E-state index contributed by atoms with van der Waals surface area (Å²) in [6.45, 7) is 3.55. The lowest BCUT2D eigenvalue weighted by Gasteiger charge is -2.27. The molecule has 1 aromatic rings. The maximum absolute atomic E-state index is 12.6. The van der Waals surface area contributed by atoms with Gasteiger partial charge in [-0.3, -0.25) is 19.9 Å². The summed E-state index contributed by atoms with van der Waals surface area (Å²) in [5.74, 6) is -1.37. The fourth-order valence-electron chi connectivity index (χ4n) is 3.05. The number of hydrogen-bond donors (Lipinski definition) is 2. The van der Waals surface area contributed by atoms with Crippen molar-refractivity contribution < 1.29 is 14.4 Å². The number of aliphatic imine (C=N–C) groups is 1. The molecule has 6 nitrogen and oxygen atoms in total. The van der Waals surface area contributed by atoms with Crippen LogP contribution in [0.15, 0.2) is 23.2 Å². The van der Waals surface area contributed by atoms with Gasteiger partial charge in [-0.2, -0.15) is 0 Å². The van der Waals surface area contributed by atoms with Crippen molar-refractivity contribution >= 4 is 47.6 Å². The number of benzene rings is 1. The lowest BCUT2D eigenvalue weighted by Crippen LogP contribution is -2.43. The molecule has 0 radical (unpaired) electrons. The molecule has 2 rings (SSSR count). The van der Waals surface area contributed by atoms with Crippen LogP contribution in [0.1, 0.15) is 37.2 Å². The molecule has 0 heterocycles. The molecular formula is C17H19Cl2N3O3. The summed E-state index contributed by atoms with van der Waals surface area (Å²) >= 11 is 12.0. The van der Waals surface area contributed by atoms with Crippen molar-refractivity contribution in [3.8, 4) is 0 Å². The Labute approximate surface area is 156 Å². The first kappa shape index (κ1) is 19.4. The number of rotatable bonds is 5. The van der Waals surface area contributed by atoms with Gasteiger partial charge < -0.3 is 5.32 Å². The van der Waals surface area contributed by atoms with Crippen molar-refractivity contribution in [1.29, 1.82) is 0 Å². The molecule has 0 aliphatic heterocycles. The average Bonchev–Trinajstić information content (AvgIpc) is 2.96. The number of carbonyl (C=O) groups excluding carboxylic acids is 3. The standard InChI is InChI=1S/C17H19Cl2N3O3/c1-20-16(25)22-15(24)11(10-5-6-12(18)13(19)8-10)9-17(21-2)7-3-4-14(17)23/h5-6,8,11H,2-4,7,9H2,1H3,(H2,20,22,24,25). The van der Waals surface area contributed by atoms with Crippen molar-refractivity contribution in [3.63, 3.8) is 0 Å². The van der Waals surface area contributed by atoms with Crippen LogP contribution in [-0.2, 0) is 9.59 Å². The van der Waals surface area contributed by atoms with Crippen LogP contribution in [0.2, 0.25) is 10.0 Å². The topological polar surface area (TPSA) is 87.6 Å². The highest BCUT2D eigenvalue weighted by Crippen LogP contribution is 2.39. The maximum atomic E-state index is 12.6. The zero-order valence-electron chi connectivity index (χ0n) is 13.8. The van der Waals surface area contributed by atoms with Crippen LogP contribution in [0.5, 0.6) is 0 Å². The second kappa shape index (κ2) is 7.97. The lowest BCUT2D eigenvalue weighted by molar-refractivity contribution is -0.124. The molecule has 1 aliphatic rings. The molecule has 134 valence electrons. The molecule has 1 aromatic carbocycles. The van der Waals surface area contributed by atoms with Gasteiger partial charge in [-0.05, 0) is 43.7 Å². The van der Waals surface area contributed by atoms with E-state index >= 15 is 0 Å². The monoisotopic (exact) mass is 383 g/mol. The molecule has 0 aromatic heterocycles. The van der Waals surface area contributed by atoms with Crippen LogP contribution in [0, 0.1) is 0 Å². The third-order valence-corrected chi connectivity index (χ3v) is 5.22. The molecule has 2 atom stereocenters. The minimum atomic E-state index is -1.02. The van der Waals surface area contributed by atoms with E-state index in [4.69, 9.17) is 23.2 Å². The van der Waals surface area contributed by atoms with E-state index in [0.717, 1.165) is 0 Å². The Balaban J connectivity index is 2.39. The first-order valence-electron chi connectivity index (χ1n) is 7.81. The van der Waals surface area contributed by atoms with Gasteiger partial charge in [0.2, 0.25) is 5.91 Å². The van der Waals surface area contributed by atoms with Crippen molar-refractivity contribution in [2.75, 3.05) is 7.05 Å². The molecular weight excluding hydrogens is 365 g/mol. The number of nitrogens with zero attached hydrogens (tertiary/aromatic N) is 1. The van der Waals surface area contributed by atoms with Crippen LogP contribution >= 0.6 is 23.2 Å². The summed E-state index contributed by atoms with van der Waals surface area (Å²) in [6.07, 6.45) is 1.75. The second-order valence-corrected chi connectivity index (χ2v) is 6.78. The molecule has 1 saturated carbocycles. The molecule has 3 amide bonds. The van der Waals surface area contributed by atoms with Crippen LogP contribution in [0.4, 0.5) is 4.79 Å². The number of halogens is 2. The van der Waals surface area contributed by atoms with Gasteiger partial charge in [-0.15, -0.1) is 0 Å². The molecule has 1 aliphatic carbocycles. The predicted molar refractivity (Wildman–Crippen MR) is 97.6 cm³/mol. The third-order valence-electron chi connectivity index (χ3n) is 4.48. The van der Waals surface area contributed by atoms with Gasteiger partial charge in [-0.25, -0.2) is 4.79 Å². The fourth-order valence-corrected chi connectivity index (χ4v) is 3.36. The number of ketones is 1. The Morgan fingerprint density at radius 2 is 2.08 bits per heavy atom. The van der Waals surface area contributed by atoms with E-state index in [-0.39, 0.29) is 17.2 Å². The number of urea groups is 1. The van der Waals surface area contributed by atoms with E-state index in [1.54, 1.807) is 18.2 Å². The van der Waals surface area contributed by atoms with Crippen molar-refractivity contribution in [3.05, 3.63) is 33.8 Å². The highest BCUT2D eigenvalue weighted by molar-refractivity contribution is 6.42. The molecule has 25 heavy (non-hydrogen) atoms. The van der Waals surface area contributed by atoms with Crippen molar-refractivity contribution in [1.82, 2.24) is 10.6 Å². The predicted octanol–water partition coefficient (Wildman–Crippen LogP) is 3.12. The summed E-state index contributed by atoms with van der Waals surface area (Å²) in [4.78, 5) is 40.5. The largest absolute Gasteiger partial charge is 0.341 e. The van der Waals surface area contributed by atoms with Gasteiger partial charge in [0.25, 0.3) is 0 Å². The smallest absolute Gasteiger partial charge is 0.321 e. The van der Waals surface area contributed by atoms with Crippen LogP contribution in [0.3, 0.4) is 0 Å². The number of amides is 3. The van der Waals surface area contributed by atoms with Crippen LogP contribution in [-0.4, -0.2) is 37.0 Å². The minimum Gasteiger partial charge on any atom is -0.341 e. The zero-order valence-corrected chi connectivity index (χ0v) is 15.3. The lowest BCUT2D eigenvalue weighted by atomic mass is 9.81. The average molecular weight is 384 g/mol. The van der Waals surface area contributed by atoms with Crippen LogP contribution < -0.4 is 10.6 Å². The SMILES string of the molecule is C=NC1(CC(C(=O)NC(=O)NC)c2ccc(Cl)c(Cl)c2)CCCC1=O. The fraction of sp³-hybridized carbons (Fsp3) is 0.412. The summed E-state index contributed by atoms with van der Waals surface area (Å²) in [6, 6.07) is 4.16. The van der Waals surface area contributed by atoms with Gasteiger partial charge in [0.15, 0.2) is 5.78 Å². The highest BCUT2D eigenvalue weighted by Gasteiger charge is 2.44. The minimum absolute atomic E-state index is 0.0414. The molecule has 2 N–H and O–H groups in total. The summed E-state index contributed by atoms with van der Waals surface area (Å²) in [5.41, 5.74) is -0.463. The Bertz CT molecular complexity index is 723. The molecule has 2 unspecified atom stereocenters. The van der Waals surface area contributed by atoms with E-state index in [9.17, 15) is 14.4 Å². The van der Waals surface area contributed by atoms with Gasteiger partial charge in [0.05, 0.1) is 16.0 Å². The van der Waals surface area contributed by atoms with E-state index in [1.165, 1.54) is 7.05 Å². The zero-order chi connectivity index (χ0) is 18.6. The Morgan fingerprint density at radius 1 is 1.36 bits per heavy atom. The van der Waals surface area contributed by atoms with Crippen molar-refractivity contribution in [2.45, 2.75) is 37.1 Å². The van der Waals surface area contributed by atoms with E-state index in [0.29, 0.717) is 29.8 Å². The number of Topliss-reactive ketones (excluding diaryl/α,β-unsaturated/α-hetero) is 1. The molecule has 1 fully saturated rings. The Hall–Kier alpha value is -1.92. The van der Waals surface area contributed by atoms with E-state index in [1.807, 2.05) is 0 Å². The van der Waals surface area contributed by atoms with E-state index < -0.39 is 23.4 Å². The summed E-state index contributed by atoms with van der Waals surface area (Å²) in [5, 5.41) is 5.22. The van der Waals surface area contributed by atoms with Gasteiger partial charge in [0.1, 0.15) is 5.54 Å². The molecule has 0 spiro atoms. The summed E-state index contributed by atoms with van der Waals surface area (Å²) < 4.78 is 0. The first-order valence-corrected chi connectivity index (χ1v) is 8.57. The maximum Gasteiger partial charge on any atom is 0.321 e. The molecule has 0 bridgehead atoms. The number of carbonyl (C=O) groups is 3. The highest BCUT2D eigenvalue weighted by atomic mass is 35.5. The Kier molecular flexibility index (Phi) is 6.19. The number of hydrogen-bond acceptors (Lipinski definition) is 4. The molecule has 8 heteroatoms. The van der Waals surface area contributed by atoms with Gasteiger partial charge in [0, 0.05) is 13.5 Å². The third kappa shape index (κ3) is 4.19. The van der Waals surface area contributed by atoms with Gasteiger partial charge in [-0.1, -0.05) is 29.3 Å². The quantitative estimate of drug-likeness (QED) is 0.765. The molecule has 0 saturated heterocycles. The number of nitrogens with one attached hydrogen (secondary N) is 2. The van der Waals surface area contributed by atoms with Crippen LogP contribution in [0.25, 0.3) is 0 Å². The van der Waals surface area contributed by atoms with Gasteiger partial charge >= 0.3 is 6.03 Å². The number of imide groups is 1. The summed E-state index contributed by atoms with van der Waals surface area (Å²) in [7, 11) is 1.41. The second-order valence-electron chi connectivity index (χ2n) is 5.97. The normalized spacial score (nSPS) is 20.8. The Morgan fingerprint density at radius 3 is 2.60 bits per heavy atom.